The first-order valence-electron chi connectivity index (χ1n) is 7.62. The molecule has 0 bridgehead atoms. The van der Waals surface area contributed by atoms with Crippen LogP contribution in [0.3, 0.4) is 0 Å². The van der Waals surface area contributed by atoms with Crippen LogP contribution in [0, 0.1) is 0 Å². The van der Waals surface area contributed by atoms with Crippen LogP contribution in [0.15, 0.2) is 72.4 Å². The average molecular weight is 339 g/mol. The van der Waals surface area contributed by atoms with Crippen LogP contribution in [-0.2, 0) is 6.54 Å². The normalized spacial score (nSPS) is 10.4. The van der Waals surface area contributed by atoms with Crippen molar-refractivity contribution in [2.24, 2.45) is 5.10 Å². The number of hydrogen-bond acceptors (Lipinski definition) is 3. The molecule has 0 aliphatic carbocycles. The van der Waals surface area contributed by atoms with Gasteiger partial charge in [-0.25, -0.2) is 5.01 Å². The molecule has 0 fully saturated rings. The maximum absolute atomic E-state index is 5.51. The van der Waals surface area contributed by atoms with Gasteiger partial charge < -0.3 is 10.1 Å². The van der Waals surface area contributed by atoms with Crippen molar-refractivity contribution in [1.82, 2.24) is 10.3 Å². The molecule has 2 aromatic rings. The summed E-state index contributed by atoms with van der Waals surface area (Å²) in [6.07, 6.45) is 3.46. The number of rotatable bonds is 7. The van der Waals surface area contributed by atoms with Crippen molar-refractivity contribution in [3.8, 4) is 5.75 Å². The lowest BCUT2D eigenvalue weighted by Gasteiger charge is -2.15. The summed E-state index contributed by atoms with van der Waals surface area (Å²) >= 11 is 5.34. The van der Waals surface area contributed by atoms with Gasteiger partial charge in [0.25, 0.3) is 0 Å². The van der Waals surface area contributed by atoms with Gasteiger partial charge >= 0.3 is 0 Å². The monoisotopic (exact) mass is 339 g/mol. The number of hydrazone groups is 1. The van der Waals surface area contributed by atoms with Crippen LogP contribution in [0.1, 0.15) is 11.1 Å². The van der Waals surface area contributed by atoms with E-state index in [-0.39, 0.29) is 0 Å². The van der Waals surface area contributed by atoms with Gasteiger partial charge in [0.1, 0.15) is 12.4 Å². The molecule has 0 saturated heterocycles. The third-order valence-electron chi connectivity index (χ3n) is 3.19. The van der Waals surface area contributed by atoms with Crippen LogP contribution < -0.4 is 10.1 Å². The fourth-order valence-corrected chi connectivity index (χ4v) is 2.05. The van der Waals surface area contributed by atoms with E-state index in [1.807, 2.05) is 61.6 Å². The van der Waals surface area contributed by atoms with E-state index in [1.165, 1.54) is 5.56 Å². The predicted molar refractivity (Wildman–Crippen MR) is 103 cm³/mol. The Kier molecular flexibility index (Phi) is 6.98. The Morgan fingerprint density at radius 2 is 2.04 bits per heavy atom. The highest BCUT2D eigenvalue weighted by molar-refractivity contribution is 7.80. The number of thiocarbonyl (C=S) groups is 1. The van der Waals surface area contributed by atoms with E-state index in [2.05, 4.69) is 17.0 Å². The van der Waals surface area contributed by atoms with Gasteiger partial charge in [-0.2, -0.15) is 5.10 Å². The van der Waals surface area contributed by atoms with Gasteiger partial charge in [0.15, 0.2) is 5.11 Å². The largest absolute Gasteiger partial charge is 0.490 e. The smallest absolute Gasteiger partial charge is 0.189 e. The van der Waals surface area contributed by atoms with Gasteiger partial charge in [-0.15, -0.1) is 0 Å². The minimum Gasteiger partial charge on any atom is -0.490 e. The summed E-state index contributed by atoms with van der Waals surface area (Å²) in [6.45, 7) is 4.79. The molecule has 0 saturated carbocycles. The lowest BCUT2D eigenvalue weighted by Crippen LogP contribution is -2.33. The summed E-state index contributed by atoms with van der Waals surface area (Å²) in [5.74, 6) is 0.784. The summed E-state index contributed by atoms with van der Waals surface area (Å²) in [7, 11) is 1.81. The third-order valence-corrected chi connectivity index (χ3v) is 3.59. The highest BCUT2D eigenvalue weighted by Gasteiger charge is 2.02. The van der Waals surface area contributed by atoms with Gasteiger partial charge in [-0.3, -0.25) is 0 Å². The average Bonchev–Trinajstić information content (AvgIpc) is 2.63. The SMILES string of the molecule is C=CCOc1cccc(/C=N\N(C)C(=S)NCc2ccccc2)c1. The minimum absolute atomic E-state index is 0.480. The molecule has 0 radical (unpaired) electrons. The molecule has 5 heteroatoms. The van der Waals surface area contributed by atoms with E-state index in [0.29, 0.717) is 18.3 Å². The molecular formula is C19H21N3OS. The fourth-order valence-electron chi connectivity index (χ4n) is 1.93. The number of benzene rings is 2. The van der Waals surface area contributed by atoms with E-state index >= 15 is 0 Å². The summed E-state index contributed by atoms with van der Waals surface area (Å²) in [5.41, 5.74) is 2.11. The highest BCUT2D eigenvalue weighted by Crippen LogP contribution is 2.12. The Balaban J connectivity index is 1.88. The zero-order valence-electron chi connectivity index (χ0n) is 13.7. The first-order chi connectivity index (χ1) is 11.7. The Labute approximate surface area is 148 Å². The first kappa shape index (κ1) is 17.7. The second kappa shape index (κ2) is 9.47. The second-order valence-electron chi connectivity index (χ2n) is 5.08. The van der Waals surface area contributed by atoms with Crippen LogP contribution >= 0.6 is 12.2 Å². The highest BCUT2D eigenvalue weighted by atomic mass is 32.1. The van der Waals surface area contributed by atoms with Crippen molar-refractivity contribution in [3.63, 3.8) is 0 Å². The van der Waals surface area contributed by atoms with Crippen molar-refractivity contribution >= 4 is 23.5 Å². The number of nitrogens with one attached hydrogen (secondary N) is 1. The standard InChI is InChI=1S/C19H21N3OS/c1-3-12-23-18-11-7-10-17(13-18)15-21-22(2)19(24)20-14-16-8-5-4-6-9-16/h3-11,13,15H,1,12,14H2,2H3,(H,20,24)/b21-15-. The Hall–Kier alpha value is -2.66. The van der Waals surface area contributed by atoms with Crippen LogP contribution in [0.5, 0.6) is 5.75 Å². The molecule has 0 atom stereocenters. The van der Waals surface area contributed by atoms with E-state index in [9.17, 15) is 0 Å². The maximum atomic E-state index is 5.51. The van der Waals surface area contributed by atoms with Gasteiger partial charge in [0.05, 0.1) is 6.21 Å². The molecule has 0 heterocycles. The predicted octanol–water partition coefficient (Wildman–Crippen LogP) is 3.59. The van der Waals surface area contributed by atoms with Crippen LogP contribution in [0.4, 0.5) is 0 Å². The van der Waals surface area contributed by atoms with Crippen molar-refractivity contribution in [1.29, 1.82) is 0 Å². The van der Waals surface area contributed by atoms with E-state index < -0.39 is 0 Å². The van der Waals surface area contributed by atoms with Crippen LogP contribution in [-0.4, -0.2) is 30.0 Å². The Bertz CT molecular complexity index is 701. The molecule has 24 heavy (non-hydrogen) atoms. The number of hydrogen-bond donors (Lipinski definition) is 1. The molecule has 0 spiro atoms. The fraction of sp³-hybridized carbons (Fsp3) is 0.158. The Morgan fingerprint density at radius 3 is 2.79 bits per heavy atom. The zero-order valence-corrected chi connectivity index (χ0v) is 14.5. The van der Waals surface area contributed by atoms with E-state index in [1.54, 1.807) is 17.3 Å². The summed E-state index contributed by atoms with van der Waals surface area (Å²) in [5, 5.41) is 9.74. The van der Waals surface area contributed by atoms with Crippen molar-refractivity contribution < 1.29 is 4.74 Å². The molecule has 0 aliphatic heterocycles. The zero-order chi connectivity index (χ0) is 17.2. The molecule has 124 valence electrons. The maximum Gasteiger partial charge on any atom is 0.189 e. The molecule has 0 unspecified atom stereocenters. The van der Waals surface area contributed by atoms with E-state index in [0.717, 1.165) is 11.3 Å². The van der Waals surface area contributed by atoms with Gasteiger partial charge in [-0.05, 0) is 35.5 Å². The summed E-state index contributed by atoms with van der Waals surface area (Å²) in [4.78, 5) is 0. The second-order valence-corrected chi connectivity index (χ2v) is 5.47. The van der Waals surface area contributed by atoms with Crippen molar-refractivity contribution in [2.45, 2.75) is 6.54 Å². The quantitative estimate of drug-likeness (QED) is 0.362. The Morgan fingerprint density at radius 1 is 1.25 bits per heavy atom. The molecule has 1 N–H and O–H groups in total. The van der Waals surface area contributed by atoms with Crippen LogP contribution in [0.25, 0.3) is 0 Å². The molecule has 4 nitrogen and oxygen atoms in total. The molecule has 0 aromatic heterocycles. The van der Waals surface area contributed by atoms with Crippen molar-refractivity contribution in [2.75, 3.05) is 13.7 Å². The molecule has 2 aromatic carbocycles. The van der Waals surface area contributed by atoms with Gasteiger partial charge in [0.2, 0.25) is 0 Å². The third kappa shape index (κ3) is 5.85. The van der Waals surface area contributed by atoms with E-state index in [4.69, 9.17) is 17.0 Å². The lowest BCUT2D eigenvalue weighted by atomic mass is 10.2. The minimum atomic E-state index is 0.480. The van der Waals surface area contributed by atoms with Gasteiger partial charge in [-0.1, -0.05) is 55.1 Å². The van der Waals surface area contributed by atoms with Crippen molar-refractivity contribution in [3.05, 3.63) is 78.4 Å². The first-order valence-corrected chi connectivity index (χ1v) is 8.03. The molecule has 2 rings (SSSR count). The summed E-state index contributed by atoms with van der Waals surface area (Å²) < 4.78 is 5.51. The lowest BCUT2D eigenvalue weighted by molar-refractivity contribution is 0.363. The molecule has 0 amide bonds. The number of ether oxygens (including phenoxy) is 1. The van der Waals surface area contributed by atoms with Gasteiger partial charge in [0, 0.05) is 13.6 Å². The molecular weight excluding hydrogens is 318 g/mol. The summed E-state index contributed by atoms with van der Waals surface area (Å²) in [6, 6.07) is 17.8. The number of nitrogens with zero attached hydrogens (tertiary/aromatic N) is 2. The van der Waals surface area contributed by atoms with Crippen LogP contribution in [0.2, 0.25) is 0 Å². The topological polar surface area (TPSA) is 36.9 Å². The molecule has 0 aliphatic rings.